The van der Waals surface area contributed by atoms with E-state index in [9.17, 15) is 9.59 Å². The molecular weight excluding hydrogens is 344 g/mol. The third-order valence-electron chi connectivity index (χ3n) is 5.44. The fraction of sp³-hybridized carbons (Fsp3) is 0.619. The van der Waals surface area contributed by atoms with Crippen LogP contribution in [-0.4, -0.2) is 48.7 Å². The molecule has 0 bridgehead atoms. The summed E-state index contributed by atoms with van der Waals surface area (Å²) in [5.74, 6) is 0.519. The number of rotatable bonds is 5. The van der Waals surface area contributed by atoms with Crippen molar-refractivity contribution in [2.45, 2.75) is 57.7 Å². The Morgan fingerprint density at radius 2 is 1.96 bits per heavy atom. The summed E-state index contributed by atoms with van der Waals surface area (Å²) in [6.07, 6.45) is 4.65. The Labute approximate surface area is 161 Å². The normalized spacial score (nSPS) is 21.5. The SMILES string of the molecule is COc1ccccc1C(=O)N1[C@H](C(=O)NCC(C)C)COC12CCCCC2. The van der Waals surface area contributed by atoms with Crippen molar-refractivity contribution in [2.24, 2.45) is 5.92 Å². The molecule has 2 fully saturated rings. The molecule has 1 aliphatic heterocycles. The van der Waals surface area contributed by atoms with Gasteiger partial charge in [-0.2, -0.15) is 0 Å². The van der Waals surface area contributed by atoms with Crippen LogP contribution >= 0.6 is 0 Å². The number of hydrogen-bond donors (Lipinski definition) is 1. The Hall–Kier alpha value is -2.08. The van der Waals surface area contributed by atoms with Crippen molar-refractivity contribution in [2.75, 3.05) is 20.3 Å². The summed E-state index contributed by atoms with van der Waals surface area (Å²) in [7, 11) is 1.55. The Balaban J connectivity index is 1.93. The molecule has 0 radical (unpaired) electrons. The fourth-order valence-corrected chi connectivity index (χ4v) is 4.04. The topological polar surface area (TPSA) is 67.9 Å². The number of hydrogen-bond acceptors (Lipinski definition) is 4. The number of nitrogens with one attached hydrogen (secondary N) is 1. The number of nitrogens with zero attached hydrogens (tertiary/aromatic N) is 1. The first-order valence-corrected chi connectivity index (χ1v) is 9.87. The van der Waals surface area contributed by atoms with E-state index in [0.717, 1.165) is 32.1 Å². The molecule has 0 unspecified atom stereocenters. The molecule has 148 valence electrons. The maximum absolute atomic E-state index is 13.5. The highest BCUT2D eigenvalue weighted by molar-refractivity contribution is 6.00. The molecule has 2 aliphatic rings. The first-order chi connectivity index (χ1) is 13.0. The molecule has 1 heterocycles. The first-order valence-electron chi connectivity index (χ1n) is 9.87. The molecule has 1 aromatic carbocycles. The number of amides is 2. The van der Waals surface area contributed by atoms with Crippen LogP contribution in [0.5, 0.6) is 5.75 Å². The van der Waals surface area contributed by atoms with Crippen LogP contribution in [0.2, 0.25) is 0 Å². The molecule has 0 aromatic heterocycles. The van der Waals surface area contributed by atoms with Crippen LogP contribution in [0.4, 0.5) is 0 Å². The van der Waals surface area contributed by atoms with Gasteiger partial charge in [-0.25, -0.2) is 0 Å². The molecule has 6 nitrogen and oxygen atoms in total. The lowest BCUT2D eigenvalue weighted by Crippen LogP contribution is -2.56. The van der Waals surface area contributed by atoms with Crippen LogP contribution in [0.1, 0.15) is 56.3 Å². The van der Waals surface area contributed by atoms with Gasteiger partial charge in [0.05, 0.1) is 19.3 Å². The van der Waals surface area contributed by atoms with E-state index in [1.807, 2.05) is 26.0 Å². The maximum Gasteiger partial charge on any atom is 0.260 e. The molecule has 3 rings (SSSR count). The van der Waals surface area contributed by atoms with Gasteiger partial charge in [0, 0.05) is 6.54 Å². The van der Waals surface area contributed by atoms with E-state index in [0.29, 0.717) is 23.8 Å². The molecule has 1 spiro atoms. The monoisotopic (exact) mass is 374 g/mol. The minimum absolute atomic E-state index is 0.144. The van der Waals surface area contributed by atoms with Crippen molar-refractivity contribution < 1.29 is 19.1 Å². The second-order valence-corrected chi connectivity index (χ2v) is 7.85. The van der Waals surface area contributed by atoms with Crippen LogP contribution in [-0.2, 0) is 9.53 Å². The van der Waals surface area contributed by atoms with E-state index in [-0.39, 0.29) is 18.4 Å². The van der Waals surface area contributed by atoms with Crippen LogP contribution in [0.15, 0.2) is 24.3 Å². The van der Waals surface area contributed by atoms with Crippen LogP contribution in [0.25, 0.3) is 0 Å². The number of methoxy groups -OCH3 is 1. The van der Waals surface area contributed by atoms with Crippen molar-refractivity contribution >= 4 is 11.8 Å². The number of ether oxygens (including phenoxy) is 2. The van der Waals surface area contributed by atoms with Crippen molar-refractivity contribution in [3.63, 3.8) is 0 Å². The van der Waals surface area contributed by atoms with Gasteiger partial charge in [0.1, 0.15) is 17.5 Å². The number of para-hydroxylation sites is 1. The zero-order valence-corrected chi connectivity index (χ0v) is 16.5. The van der Waals surface area contributed by atoms with E-state index >= 15 is 0 Å². The summed E-state index contributed by atoms with van der Waals surface area (Å²) in [6.45, 7) is 4.92. The zero-order valence-electron chi connectivity index (χ0n) is 16.5. The summed E-state index contributed by atoms with van der Waals surface area (Å²) in [6, 6.07) is 6.55. The lowest BCUT2D eigenvalue weighted by molar-refractivity contribution is -0.127. The highest BCUT2D eigenvalue weighted by Crippen LogP contribution is 2.42. The molecule has 1 N–H and O–H groups in total. The van der Waals surface area contributed by atoms with E-state index in [2.05, 4.69) is 5.32 Å². The van der Waals surface area contributed by atoms with E-state index in [4.69, 9.17) is 9.47 Å². The predicted molar refractivity (Wildman–Crippen MR) is 103 cm³/mol. The van der Waals surface area contributed by atoms with E-state index < -0.39 is 11.8 Å². The van der Waals surface area contributed by atoms with Gasteiger partial charge in [-0.05, 0) is 43.7 Å². The smallest absolute Gasteiger partial charge is 0.260 e. The van der Waals surface area contributed by atoms with Crippen molar-refractivity contribution in [1.29, 1.82) is 0 Å². The molecule has 1 saturated heterocycles. The van der Waals surface area contributed by atoms with Gasteiger partial charge in [0.25, 0.3) is 5.91 Å². The maximum atomic E-state index is 13.5. The minimum Gasteiger partial charge on any atom is -0.496 e. The molecule has 1 saturated carbocycles. The average Bonchev–Trinajstić information content (AvgIpc) is 3.04. The van der Waals surface area contributed by atoms with Crippen molar-refractivity contribution in [1.82, 2.24) is 10.2 Å². The third-order valence-corrected chi connectivity index (χ3v) is 5.44. The number of carbonyl (C=O) groups is 2. The Bertz CT molecular complexity index is 683. The van der Waals surface area contributed by atoms with Crippen molar-refractivity contribution in [3.05, 3.63) is 29.8 Å². The van der Waals surface area contributed by atoms with Gasteiger partial charge in [-0.1, -0.05) is 32.4 Å². The standard InChI is InChI=1S/C21H30N2O4/c1-15(2)13-22-19(24)17-14-27-21(11-7-4-8-12-21)23(17)20(25)16-9-5-6-10-18(16)26-3/h5-6,9-10,15,17H,4,7-8,11-14H2,1-3H3,(H,22,24)/t17-/m0/s1. The second-order valence-electron chi connectivity index (χ2n) is 7.85. The Kier molecular flexibility index (Phi) is 6.05. The Morgan fingerprint density at radius 3 is 2.63 bits per heavy atom. The highest BCUT2D eigenvalue weighted by atomic mass is 16.5. The van der Waals surface area contributed by atoms with Gasteiger partial charge in [-0.15, -0.1) is 0 Å². The average molecular weight is 374 g/mol. The predicted octanol–water partition coefficient (Wildman–Crippen LogP) is 2.97. The summed E-state index contributed by atoms with van der Waals surface area (Å²) in [5, 5.41) is 2.97. The molecular formula is C21H30N2O4. The van der Waals surface area contributed by atoms with Gasteiger partial charge >= 0.3 is 0 Å². The summed E-state index contributed by atoms with van der Waals surface area (Å²) in [4.78, 5) is 28.1. The number of benzene rings is 1. The molecule has 27 heavy (non-hydrogen) atoms. The molecule has 6 heteroatoms. The Morgan fingerprint density at radius 1 is 1.26 bits per heavy atom. The molecule has 1 aromatic rings. The summed E-state index contributed by atoms with van der Waals surface area (Å²) >= 11 is 0. The highest BCUT2D eigenvalue weighted by Gasteiger charge is 2.53. The first kappa shape index (κ1) is 19.7. The van der Waals surface area contributed by atoms with Gasteiger partial charge in [0.2, 0.25) is 5.91 Å². The number of carbonyl (C=O) groups excluding carboxylic acids is 2. The van der Waals surface area contributed by atoms with Crippen LogP contribution < -0.4 is 10.1 Å². The fourth-order valence-electron chi connectivity index (χ4n) is 4.04. The lowest BCUT2D eigenvalue weighted by atomic mass is 9.89. The van der Waals surface area contributed by atoms with E-state index in [1.165, 1.54) is 0 Å². The quantitative estimate of drug-likeness (QED) is 0.860. The van der Waals surface area contributed by atoms with Gasteiger partial charge < -0.3 is 14.8 Å². The zero-order chi connectivity index (χ0) is 19.4. The van der Waals surface area contributed by atoms with Crippen molar-refractivity contribution in [3.8, 4) is 5.75 Å². The van der Waals surface area contributed by atoms with Crippen LogP contribution in [0.3, 0.4) is 0 Å². The van der Waals surface area contributed by atoms with E-state index in [1.54, 1.807) is 24.1 Å². The van der Waals surface area contributed by atoms with Gasteiger partial charge in [0.15, 0.2) is 0 Å². The molecule has 1 aliphatic carbocycles. The third kappa shape index (κ3) is 3.95. The summed E-state index contributed by atoms with van der Waals surface area (Å²) in [5.41, 5.74) is -0.215. The van der Waals surface area contributed by atoms with Gasteiger partial charge in [-0.3, -0.25) is 14.5 Å². The molecule has 2 amide bonds. The second kappa shape index (κ2) is 8.30. The molecule has 1 atom stereocenters. The minimum atomic E-state index is -0.685. The lowest BCUT2D eigenvalue weighted by Gasteiger charge is -2.41. The largest absolute Gasteiger partial charge is 0.496 e. The van der Waals surface area contributed by atoms with Crippen LogP contribution in [0, 0.1) is 5.92 Å². The summed E-state index contributed by atoms with van der Waals surface area (Å²) < 4.78 is 11.5.